The van der Waals surface area contributed by atoms with Gasteiger partial charge in [0.2, 0.25) is 3.79 Å². The molecule has 2 aliphatic rings. The number of rotatable bonds is 3. The number of phenols is 1. The second-order valence-electron chi connectivity index (χ2n) is 6.15. The van der Waals surface area contributed by atoms with Crippen molar-refractivity contribution in [3.8, 4) is 28.2 Å². The second-order valence-corrected chi connectivity index (χ2v) is 7.13. The number of fused-ring (bicyclic) bond motifs is 2. The molecular formula is C21H11IO6. The smallest absolute Gasteiger partial charge is 0.336 e. The molecule has 1 heterocycles. The number of phenolic OH excluding ortho intramolecular Hbond substituents is 1. The third-order valence-electron chi connectivity index (χ3n) is 4.42. The van der Waals surface area contributed by atoms with Crippen LogP contribution in [0.5, 0.6) is 5.75 Å². The summed E-state index contributed by atoms with van der Waals surface area (Å²) in [6, 6.07) is 13.2. The van der Waals surface area contributed by atoms with Crippen LogP contribution in [0.4, 0.5) is 0 Å². The Hall–Kier alpha value is -3.20. The Bertz CT molecular complexity index is 1300. The monoisotopic (exact) mass is 486 g/mol. The number of carbonyl (C=O) groups is 2. The maximum Gasteiger partial charge on any atom is 0.336 e. The molecule has 1 aliphatic heterocycles. The zero-order valence-electron chi connectivity index (χ0n) is 14.1. The van der Waals surface area contributed by atoms with E-state index in [1.54, 1.807) is 46.9 Å². The van der Waals surface area contributed by atoms with Gasteiger partial charge in [0.05, 0.1) is 5.56 Å². The Morgan fingerprint density at radius 2 is 1.68 bits per heavy atom. The molecule has 0 fully saturated rings. The number of aromatic carboxylic acids is 1. The van der Waals surface area contributed by atoms with E-state index in [-0.39, 0.29) is 31.9 Å². The summed E-state index contributed by atoms with van der Waals surface area (Å²) in [6.45, 7) is 0. The predicted octanol–water partition coefficient (Wildman–Crippen LogP) is 4.54. The van der Waals surface area contributed by atoms with Crippen LogP contribution in [0.25, 0.3) is 33.4 Å². The summed E-state index contributed by atoms with van der Waals surface area (Å²) in [5.74, 6) is -0.939. The van der Waals surface area contributed by atoms with Crippen LogP contribution in [0.2, 0.25) is 0 Å². The van der Waals surface area contributed by atoms with Gasteiger partial charge in [0.1, 0.15) is 17.1 Å². The third kappa shape index (κ3) is 3.03. The Labute approximate surface area is 171 Å². The van der Waals surface area contributed by atoms with E-state index in [9.17, 15) is 24.6 Å². The van der Waals surface area contributed by atoms with Crippen LogP contribution in [0.15, 0.2) is 63.8 Å². The maximum atomic E-state index is 11.9. The number of aromatic hydroxyl groups is 1. The van der Waals surface area contributed by atoms with E-state index in [1.165, 1.54) is 30.3 Å². The van der Waals surface area contributed by atoms with Gasteiger partial charge < -0.3 is 14.6 Å². The molecule has 0 aromatic heterocycles. The molecule has 4 rings (SSSR count). The second kappa shape index (κ2) is 6.75. The SMILES string of the molecule is O=C(I)c1ccc(-c2c3ccc(=O)cc-3oc3cc(O)ccc23)c(C(=O)O)c1. The highest BCUT2D eigenvalue weighted by atomic mass is 127. The normalized spacial score (nSPS) is 11.0. The standard InChI is InChI=1S/C21H11IO6/c22-20(25)10-1-4-13(16(7-10)21(26)27)19-14-5-2-11(23)8-17(14)28-18-9-12(24)3-6-15(18)19/h1-9,23H,(H,26,27). The van der Waals surface area contributed by atoms with E-state index in [2.05, 4.69) is 0 Å². The van der Waals surface area contributed by atoms with Crippen LogP contribution in [0.3, 0.4) is 0 Å². The Morgan fingerprint density at radius 1 is 0.929 bits per heavy atom. The van der Waals surface area contributed by atoms with Crippen molar-refractivity contribution in [3.05, 3.63) is 75.9 Å². The summed E-state index contributed by atoms with van der Waals surface area (Å²) in [5.41, 5.74) is 1.74. The minimum absolute atomic E-state index is 0.0239. The fourth-order valence-electron chi connectivity index (χ4n) is 3.21. The first-order chi connectivity index (χ1) is 13.3. The van der Waals surface area contributed by atoms with Gasteiger partial charge in [0, 0.05) is 56.8 Å². The summed E-state index contributed by atoms with van der Waals surface area (Å²) >= 11 is 1.60. The molecule has 1 aliphatic carbocycles. The van der Waals surface area contributed by atoms with Gasteiger partial charge in [-0.2, -0.15) is 0 Å². The van der Waals surface area contributed by atoms with Gasteiger partial charge in [0.15, 0.2) is 5.43 Å². The summed E-state index contributed by atoms with van der Waals surface area (Å²) < 4.78 is 5.50. The third-order valence-corrected chi connectivity index (χ3v) is 5.05. The fraction of sp³-hybridized carbons (Fsp3) is 0. The largest absolute Gasteiger partial charge is 0.508 e. The first-order valence-electron chi connectivity index (χ1n) is 8.12. The molecule has 0 atom stereocenters. The average molecular weight is 486 g/mol. The van der Waals surface area contributed by atoms with E-state index in [4.69, 9.17) is 4.42 Å². The number of hydrogen-bond acceptors (Lipinski definition) is 5. The highest BCUT2D eigenvalue weighted by Gasteiger charge is 2.22. The summed E-state index contributed by atoms with van der Waals surface area (Å²) in [6.07, 6.45) is 0. The van der Waals surface area contributed by atoms with Crippen LogP contribution in [-0.4, -0.2) is 20.0 Å². The van der Waals surface area contributed by atoms with Crippen molar-refractivity contribution >= 4 is 43.3 Å². The average Bonchev–Trinajstić information content (AvgIpc) is 2.65. The molecule has 0 saturated heterocycles. The van der Waals surface area contributed by atoms with Crippen LogP contribution >= 0.6 is 22.6 Å². The lowest BCUT2D eigenvalue weighted by atomic mass is 9.90. The zero-order valence-corrected chi connectivity index (χ0v) is 16.3. The number of benzene rings is 3. The zero-order chi connectivity index (χ0) is 20.0. The quantitative estimate of drug-likeness (QED) is 0.250. The Kier molecular flexibility index (Phi) is 4.38. The molecule has 0 radical (unpaired) electrons. The molecule has 0 spiro atoms. The van der Waals surface area contributed by atoms with Crippen molar-refractivity contribution in [2.75, 3.05) is 0 Å². The molecule has 0 amide bonds. The van der Waals surface area contributed by atoms with Crippen molar-refractivity contribution in [2.45, 2.75) is 0 Å². The molecule has 2 aromatic carbocycles. The fourth-order valence-corrected chi connectivity index (χ4v) is 3.55. The molecule has 7 heteroatoms. The Balaban J connectivity index is 2.17. The summed E-state index contributed by atoms with van der Waals surface area (Å²) in [5, 5.41) is 20.1. The first-order valence-corrected chi connectivity index (χ1v) is 9.20. The molecular weight excluding hydrogens is 475 g/mol. The van der Waals surface area contributed by atoms with Gasteiger partial charge in [0.25, 0.3) is 0 Å². The van der Waals surface area contributed by atoms with Gasteiger partial charge in [-0.15, -0.1) is 0 Å². The number of hydrogen-bond donors (Lipinski definition) is 2. The van der Waals surface area contributed by atoms with Crippen LogP contribution in [-0.2, 0) is 0 Å². The number of carbonyl (C=O) groups excluding carboxylic acids is 1. The molecule has 0 saturated carbocycles. The van der Waals surface area contributed by atoms with Gasteiger partial charge in [-0.1, -0.05) is 6.07 Å². The minimum atomic E-state index is -1.18. The number of carboxylic acids is 1. The molecule has 2 N–H and O–H groups in total. The summed E-state index contributed by atoms with van der Waals surface area (Å²) in [7, 11) is 0. The first kappa shape index (κ1) is 18.2. The van der Waals surface area contributed by atoms with Gasteiger partial charge in [-0.3, -0.25) is 9.59 Å². The lowest BCUT2D eigenvalue weighted by molar-refractivity contribution is 0.0697. The molecule has 0 unspecified atom stereocenters. The van der Waals surface area contributed by atoms with Crippen molar-refractivity contribution in [3.63, 3.8) is 0 Å². The van der Waals surface area contributed by atoms with Gasteiger partial charge >= 0.3 is 5.97 Å². The number of halogens is 1. The summed E-state index contributed by atoms with van der Waals surface area (Å²) in [4.78, 5) is 35.4. The van der Waals surface area contributed by atoms with Crippen molar-refractivity contribution < 1.29 is 24.2 Å². The Morgan fingerprint density at radius 3 is 2.39 bits per heavy atom. The van der Waals surface area contributed by atoms with Crippen LogP contribution in [0.1, 0.15) is 20.7 Å². The van der Waals surface area contributed by atoms with Crippen LogP contribution < -0.4 is 5.43 Å². The lowest BCUT2D eigenvalue weighted by Crippen LogP contribution is -2.05. The highest BCUT2D eigenvalue weighted by molar-refractivity contribution is 14.1. The van der Waals surface area contributed by atoms with Gasteiger partial charge in [-0.25, -0.2) is 4.79 Å². The number of carboxylic acid groups (broad SMARTS) is 1. The van der Waals surface area contributed by atoms with Crippen molar-refractivity contribution in [1.82, 2.24) is 0 Å². The van der Waals surface area contributed by atoms with E-state index < -0.39 is 5.97 Å². The topological polar surface area (TPSA) is 105 Å². The van der Waals surface area contributed by atoms with E-state index >= 15 is 0 Å². The maximum absolute atomic E-state index is 11.9. The van der Waals surface area contributed by atoms with E-state index in [0.29, 0.717) is 27.7 Å². The highest BCUT2D eigenvalue weighted by Crippen LogP contribution is 2.42. The molecule has 138 valence electrons. The van der Waals surface area contributed by atoms with E-state index in [0.717, 1.165) is 0 Å². The lowest BCUT2D eigenvalue weighted by Gasteiger charge is -2.17. The van der Waals surface area contributed by atoms with Crippen molar-refractivity contribution in [1.29, 1.82) is 0 Å². The molecule has 6 nitrogen and oxygen atoms in total. The van der Waals surface area contributed by atoms with Gasteiger partial charge in [-0.05, 0) is 42.0 Å². The van der Waals surface area contributed by atoms with E-state index in [1.807, 2.05) is 0 Å². The predicted molar refractivity (Wildman–Crippen MR) is 112 cm³/mol. The molecule has 2 aromatic rings. The molecule has 28 heavy (non-hydrogen) atoms. The van der Waals surface area contributed by atoms with Crippen LogP contribution in [0, 0.1) is 0 Å². The van der Waals surface area contributed by atoms with Crippen molar-refractivity contribution in [2.24, 2.45) is 0 Å². The minimum Gasteiger partial charge on any atom is -0.508 e. The molecule has 0 bridgehead atoms.